The minimum Gasteiger partial charge on any atom is -1.00 e. The molecule has 6 heteroatoms. The minimum absolute atomic E-state index is 0. The molecule has 0 aliphatic carbocycles. The van der Waals surface area contributed by atoms with E-state index in [9.17, 15) is 13.4 Å². The molecule has 0 atom stereocenters. The van der Waals surface area contributed by atoms with Crippen LogP contribution in [0.5, 0.6) is 0 Å². The van der Waals surface area contributed by atoms with Crippen LogP contribution in [0.2, 0.25) is 0 Å². The van der Waals surface area contributed by atoms with Crippen molar-refractivity contribution in [3.8, 4) is 0 Å². The fourth-order valence-electron chi connectivity index (χ4n) is 0.771. The molecule has 1 aromatic rings. The first-order valence-electron chi connectivity index (χ1n) is 3.22. The number of halogens is 2. The van der Waals surface area contributed by atoms with E-state index in [0.29, 0.717) is 0 Å². The van der Waals surface area contributed by atoms with Crippen LogP contribution in [0.4, 0.5) is 8.63 Å². The molecule has 0 amide bonds. The second-order valence-corrected chi connectivity index (χ2v) is 2.23. The zero-order valence-corrected chi connectivity index (χ0v) is 10.1. The van der Waals surface area contributed by atoms with Gasteiger partial charge in [0.1, 0.15) is 0 Å². The summed E-state index contributed by atoms with van der Waals surface area (Å²) in [6.45, 7) is 0. The van der Waals surface area contributed by atoms with E-state index in [-0.39, 0.29) is 63.8 Å². The maximum atomic E-state index is 12.0. The van der Waals surface area contributed by atoms with Crippen molar-refractivity contribution in [1.29, 1.82) is 0 Å². The van der Waals surface area contributed by atoms with Gasteiger partial charge in [0.2, 0.25) is 0 Å². The molecular formula is C7H6BF2KO2. The standard InChI is InChI=1S/C7H5BF2O2.K.H/c9-8(10)6-3-1-5(2-4-6)7(11)12;;/h1-4H,(H,11,12);;/q;+1;-1. The van der Waals surface area contributed by atoms with Crippen LogP contribution < -0.4 is 56.8 Å². The molecule has 0 aromatic heterocycles. The van der Waals surface area contributed by atoms with Gasteiger partial charge in [0, 0.05) is 0 Å². The van der Waals surface area contributed by atoms with Crippen LogP contribution in [-0.4, -0.2) is 18.3 Å². The van der Waals surface area contributed by atoms with Crippen molar-refractivity contribution in [3.05, 3.63) is 29.8 Å². The van der Waals surface area contributed by atoms with Crippen molar-refractivity contribution in [3.63, 3.8) is 0 Å². The summed E-state index contributed by atoms with van der Waals surface area (Å²) in [7, 11) is -2.55. The van der Waals surface area contributed by atoms with Gasteiger partial charge in [-0.2, -0.15) is 0 Å². The molecule has 0 bridgehead atoms. The zero-order chi connectivity index (χ0) is 9.14. The normalized spacial score (nSPS) is 8.77. The van der Waals surface area contributed by atoms with E-state index >= 15 is 0 Å². The molecule has 2 nitrogen and oxygen atoms in total. The Bertz CT molecular complexity index is 294. The molecular weight excluding hydrogens is 204 g/mol. The van der Waals surface area contributed by atoms with Crippen molar-refractivity contribution in [2.45, 2.75) is 0 Å². The third-order valence-electron chi connectivity index (χ3n) is 1.41. The SMILES string of the molecule is O=C(O)c1ccc(B(F)F)cc1.[H-].[K+]. The summed E-state index contributed by atoms with van der Waals surface area (Å²) in [6, 6.07) is 4.52. The zero-order valence-electron chi connectivity index (χ0n) is 8.00. The van der Waals surface area contributed by atoms with Crippen molar-refractivity contribution < 1.29 is 71.3 Å². The Kier molecular flexibility index (Phi) is 5.99. The Hall–Kier alpha value is 0.251. The molecule has 0 fully saturated rings. The summed E-state index contributed by atoms with van der Waals surface area (Å²) in [5, 5.41) is 8.43. The Morgan fingerprint density at radius 1 is 1.31 bits per heavy atom. The smallest absolute Gasteiger partial charge is 1.00 e. The molecule has 1 rings (SSSR count). The Balaban J connectivity index is 0. The molecule has 0 aliphatic heterocycles. The van der Waals surface area contributed by atoms with Gasteiger partial charge in [0.25, 0.3) is 0 Å². The predicted octanol–water partition coefficient (Wildman–Crippen LogP) is -1.86. The van der Waals surface area contributed by atoms with Crippen LogP contribution in [0.3, 0.4) is 0 Å². The third kappa shape index (κ3) is 3.87. The summed E-state index contributed by atoms with van der Waals surface area (Å²) in [5.41, 5.74) is -0.153. The molecule has 0 saturated heterocycles. The fourth-order valence-corrected chi connectivity index (χ4v) is 0.771. The molecule has 0 radical (unpaired) electrons. The van der Waals surface area contributed by atoms with E-state index in [1.807, 2.05) is 0 Å². The number of benzene rings is 1. The monoisotopic (exact) mass is 210 g/mol. The van der Waals surface area contributed by atoms with Crippen LogP contribution >= 0.6 is 0 Å². The van der Waals surface area contributed by atoms with Crippen molar-refractivity contribution in [2.24, 2.45) is 0 Å². The maximum absolute atomic E-state index is 12.0. The molecule has 64 valence electrons. The quantitative estimate of drug-likeness (QED) is 0.581. The van der Waals surface area contributed by atoms with Crippen LogP contribution in [0, 0.1) is 0 Å². The average molecular weight is 210 g/mol. The number of hydrogen-bond acceptors (Lipinski definition) is 1. The van der Waals surface area contributed by atoms with Crippen molar-refractivity contribution in [2.75, 3.05) is 0 Å². The number of aromatic carboxylic acids is 1. The Morgan fingerprint density at radius 2 is 1.77 bits per heavy atom. The number of rotatable bonds is 2. The molecule has 0 aliphatic rings. The molecule has 0 heterocycles. The predicted molar refractivity (Wildman–Crippen MR) is 42.1 cm³/mol. The summed E-state index contributed by atoms with van der Waals surface area (Å²) in [4.78, 5) is 10.3. The summed E-state index contributed by atoms with van der Waals surface area (Å²) >= 11 is 0. The number of carboxylic acids is 1. The summed E-state index contributed by atoms with van der Waals surface area (Å²) < 4.78 is 23.9. The molecule has 13 heavy (non-hydrogen) atoms. The molecule has 0 spiro atoms. The first kappa shape index (κ1) is 13.3. The van der Waals surface area contributed by atoms with E-state index in [0.717, 1.165) is 24.3 Å². The van der Waals surface area contributed by atoms with Crippen molar-refractivity contribution in [1.82, 2.24) is 0 Å². The van der Waals surface area contributed by atoms with Crippen LogP contribution in [-0.2, 0) is 0 Å². The topological polar surface area (TPSA) is 37.3 Å². The van der Waals surface area contributed by atoms with Gasteiger partial charge in [0.05, 0.1) is 5.56 Å². The summed E-state index contributed by atoms with van der Waals surface area (Å²) in [6.07, 6.45) is 0. The van der Waals surface area contributed by atoms with Gasteiger partial charge in [0.15, 0.2) is 0 Å². The van der Waals surface area contributed by atoms with Gasteiger partial charge in [-0.3, -0.25) is 8.63 Å². The van der Waals surface area contributed by atoms with Crippen LogP contribution in [0.1, 0.15) is 11.8 Å². The van der Waals surface area contributed by atoms with Gasteiger partial charge in [-0.15, -0.1) is 0 Å². The van der Waals surface area contributed by atoms with Gasteiger partial charge in [-0.1, -0.05) is 12.1 Å². The second-order valence-electron chi connectivity index (χ2n) is 2.23. The van der Waals surface area contributed by atoms with Crippen LogP contribution in [0.15, 0.2) is 24.3 Å². The third-order valence-corrected chi connectivity index (χ3v) is 1.41. The van der Waals surface area contributed by atoms with E-state index in [1.54, 1.807) is 0 Å². The number of hydrogen-bond donors (Lipinski definition) is 1. The number of carboxylic acid groups (broad SMARTS) is 1. The Labute approximate surface area is 118 Å². The molecule has 1 N–H and O–H groups in total. The molecule has 1 aromatic carbocycles. The van der Waals surface area contributed by atoms with Crippen molar-refractivity contribution >= 4 is 18.7 Å². The largest absolute Gasteiger partial charge is 1.00 e. The Morgan fingerprint density at radius 3 is 2.08 bits per heavy atom. The first-order chi connectivity index (χ1) is 5.61. The van der Waals surface area contributed by atoms with Gasteiger partial charge < -0.3 is 6.53 Å². The van der Waals surface area contributed by atoms with E-state index in [2.05, 4.69) is 0 Å². The first-order valence-corrected chi connectivity index (χ1v) is 3.22. The van der Waals surface area contributed by atoms with E-state index in [4.69, 9.17) is 5.11 Å². The van der Waals surface area contributed by atoms with Crippen LogP contribution in [0.25, 0.3) is 0 Å². The van der Waals surface area contributed by atoms with Gasteiger partial charge >= 0.3 is 64.6 Å². The van der Waals surface area contributed by atoms with Gasteiger partial charge in [-0.25, -0.2) is 4.79 Å². The summed E-state index contributed by atoms with van der Waals surface area (Å²) in [5.74, 6) is -1.11. The molecule has 0 unspecified atom stereocenters. The fraction of sp³-hybridized carbons (Fsp3) is 0. The van der Waals surface area contributed by atoms with E-state index in [1.165, 1.54) is 0 Å². The average Bonchev–Trinajstić information content (AvgIpc) is 2.04. The second kappa shape index (κ2) is 5.87. The number of carbonyl (C=O) groups is 1. The minimum atomic E-state index is -2.55. The van der Waals surface area contributed by atoms with Gasteiger partial charge in [-0.05, 0) is 17.6 Å². The van der Waals surface area contributed by atoms with E-state index < -0.39 is 13.2 Å². The molecule has 0 saturated carbocycles. The maximum Gasteiger partial charge on any atom is 1.00 e.